The van der Waals surface area contributed by atoms with Crippen LogP contribution in [-0.2, 0) is 0 Å². The fourth-order valence-corrected chi connectivity index (χ4v) is 2.69. The van der Waals surface area contributed by atoms with Crippen LogP contribution in [0.25, 0.3) is 11.1 Å². The second-order valence-corrected chi connectivity index (χ2v) is 5.59. The van der Waals surface area contributed by atoms with E-state index in [1.165, 1.54) is 0 Å². The third-order valence-corrected chi connectivity index (χ3v) is 3.92. The van der Waals surface area contributed by atoms with Gasteiger partial charge in [-0.2, -0.15) is 0 Å². The van der Waals surface area contributed by atoms with Gasteiger partial charge in [-0.3, -0.25) is 0 Å². The van der Waals surface area contributed by atoms with Crippen molar-refractivity contribution in [1.29, 1.82) is 0 Å². The van der Waals surface area contributed by atoms with Gasteiger partial charge in [0.25, 0.3) is 0 Å². The first-order valence-electron chi connectivity index (χ1n) is 8.03. The van der Waals surface area contributed by atoms with E-state index in [0.717, 1.165) is 16.8 Å². The first-order chi connectivity index (χ1) is 12.6. The Labute approximate surface area is 152 Å². The lowest BCUT2D eigenvalue weighted by molar-refractivity contribution is 0.324. The van der Waals surface area contributed by atoms with Crippen LogP contribution in [0.15, 0.2) is 54.7 Å². The zero-order chi connectivity index (χ0) is 18.5. The van der Waals surface area contributed by atoms with Gasteiger partial charge in [0.1, 0.15) is 5.82 Å². The number of methoxy groups -OCH3 is 3. The van der Waals surface area contributed by atoms with Crippen molar-refractivity contribution in [2.45, 2.75) is 0 Å². The van der Waals surface area contributed by atoms with Crippen LogP contribution < -0.4 is 25.3 Å². The average Bonchev–Trinajstić information content (AvgIpc) is 2.67. The van der Waals surface area contributed by atoms with Crippen LogP contribution in [0.2, 0.25) is 0 Å². The molecule has 6 nitrogen and oxygen atoms in total. The van der Waals surface area contributed by atoms with Crippen molar-refractivity contribution in [3.63, 3.8) is 0 Å². The van der Waals surface area contributed by atoms with Gasteiger partial charge in [0.15, 0.2) is 11.5 Å². The number of nitrogens with two attached hydrogens (primary N) is 1. The normalized spacial score (nSPS) is 10.3. The van der Waals surface area contributed by atoms with Crippen molar-refractivity contribution in [3.8, 4) is 28.4 Å². The SMILES string of the molecule is COc1cc(-c2ccnc(Nc3cccc(N)c3)c2)cc(OC)c1OC. The van der Waals surface area contributed by atoms with Crippen LogP contribution in [0, 0.1) is 0 Å². The minimum absolute atomic E-state index is 0.561. The number of nitrogen functional groups attached to an aromatic ring is 1. The lowest BCUT2D eigenvalue weighted by Gasteiger charge is -2.14. The summed E-state index contributed by atoms with van der Waals surface area (Å²) in [5, 5.41) is 3.26. The highest BCUT2D eigenvalue weighted by molar-refractivity contribution is 5.74. The Morgan fingerprint density at radius 3 is 2.19 bits per heavy atom. The van der Waals surface area contributed by atoms with Crippen molar-refractivity contribution in [1.82, 2.24) is 4.98 Å². The number of hydrogen-bond donors (Lipinski definition) is 2. The van der Waals surface area contributed by atoms with Crippen LogP contribution >= 0.6 is 0 Å². The number of hydrogen-bond acceptors (Lipinski definition) is 6. The number of ether oxygens (including phenoxy) is 3. The zero-order valence-corrected chi connectivity index (χ0v) is 14.9. The highest BCUT2D eigenvalue weighted by atomic mass is 16.5. The van der Waals surface area contributed by atoms with Crippen LogP contribution in [0.3, 0.4) is 0 Å². The highest BCUT2D eigenvalue weighted by Gasteiger charge is 2.14. The Balaban J connectivity index is 1.97. The van der Waals surface area contributed by atoms with Crippen molar-refractivity contribution in [2.24, 2.45) is 0 Å². The van der Waals surface area contributed by atoms with E-state index in [-0.39, 0.29) is 0 Å². The number of rotatable bonds is 6. The van der Waals surface area contributed by atoms with Gasteiger partial charge in [0, 0.05) is 17.6 Å². The standard InChI is InChI=1S/C20H21N3O3/c1-24-17-9-14(10-18(25-2)20(17)26-3)13-7-8-22-19(11-13)23-16-6-4-5-15(21)12-16/h4-12H,21H2,1-3H3,(H,22,23). The van der Waals surface area contributed by atoms with E-state index in [4.69, 9.17) is 19.9 Å². The molecule has 0 aliphatic heterocycles. The summed E-state index contributed by atoms with van der Waals surface area (Å²) in [4.78, 5) is 4.37. The van der Waals surface area contributed by atoms with Gasteiger partial charge >= 0.3 is 0 Å². The highest BCUT2D eigenvalue weighted by Crippen LogP contribution is 2.41. The predicted molar refractivity (Wildman–Crippen MR) is 103 cm³/mol. The molecule has 0 amide bonds. The summed E-state index contributed by atoms with van der Waals surface area (Å²) in [6.45, 7) is 0. The molecule has 0 aliphatic carbocycles. The molecule has 0 bridgehead atoms. The van der Waals surface area contributed by atoms with Gasteiger partial charge in [0.2, 0.25) is 5.75 Å². The third kappa shape index (κ3) is 3.64. The molecule has 1 heterocycles. The summed E-state index contributed by atoms with van der Waals surface area (Å²) in [6.07, 6.45) is 1.74. The van der Waals surface area contributed by atoms with Gasteiger partial charge < -0.3 is 25.3 Å². The maximum atomic E-state index is 5.82. The molecule has 1 aromatic heterocycles. The van der Waals surface area contributed by atoms with Crippen molar-refractivity contribution >= 4 is 17.2 Å². The molecular formula is C20H21N3O3. The van der Waals surface area contributed by atoms with Crippen LogP contribution in [0.5, 0.6) is 17.2 Å². The molecule has 3 N–H and O–H groups in total. The first kappa shape index (κ1) is 17.4. The fourth-order valence-electron chi connectivity index (χ4n) is 2.69. The smallest absolute Gasteiger partial charge is 0.203 e. The molecule has 0 fully saturated rings. The lowest BCUT2D eigenvalue weighted by atomic mass is 10.1. The molecule has 0 atom stereocenters. The number of nitrogens with zero attached hydrogens (tertiary/aromatic N) is 1. The maximum absolute atomic E-state index is 5.82. The molecule has 3 rings (SSSR count). The molecule has 0 saturated carbocycles. The van der Waals surface area contributed by atoms with E-state index in [0.29, 0.717) is 28.8 Å². The molecule has 26 heavy (non-hydrogen) atoms. The van der Waals surface area contributed by atoms with Crippen LogP contribution in [0.1, 0.15) is 0 Å². The summed E-state index contributed by atoms with van der Waals surface area (Å²) in [5.74, 6) is 2.47. The Morgan fingerprint density at radius 1 is 0.846 bits per heavy atom. The molecule has 0 radical (unpaired) electrons. The van der Waals surface area contributed by atoms with Crippen molar-refractivity contribution in [2.75, 3.05) is 32.4 Å². The van der Waals surface area contributed by atoms with Crippen LogP contribution in [-0.4, -0.2) is 26.3 Å². The summed E-state index contributed by atoms with van der Waals surface area (Å²) in [6, 6.07) is 15.2. The number of benzene rings is 2. The minimum Gasteiger partial charge on any atom is -0.493 e. The van der Waals surface area contributed by atoms with Gasteiger partial charge in [-0.05, 0) is 53.6 Å². The monoisotopic (exact) mass is 351 g/mol. The topological polar surface area (TPSA) is 78.6 Å². The Bertz CT molecular complexity index is 887. The second kappa shape index (κ2) is 7.65. The molecule has 134 valence electrons. The van der Waals surface area contributed by atoms with Crippen LogP contribution in [0.4, 0.5) is 17.2 Å². The molecule has 3 aromatic rings. The number of anilines is 3. The lowest BCUT2D eigenvalue weighted by Crippen LogP contribution is -1.97. The largest absolute Gasteiger partial charge is 0.493 e. The van der Waals surface area contributed by atoms with Gasteiger partial charge in [-0.25, -0.2) is 4.98 Å². The van der Waals surface area contributed by atoms with E-state index in [1.807, 2.05) is 48.5 Å². The Kier molecular flexibility index (Phi) is 5.12. The van der Waals surface area contributed by atoms with Crippen molar-refractivity contribution < 1.29 is 14.2 Å². The maximum Gasteiger partial charge on any atom is 0.203 e. The van der Waals surface area contributed by atoms with E-state index < -0.39 is 0 Å². The fraction of sp³-hybridized carbons (Fsp3) is 0.150. The van der Waals surface area contributed by atoms with Crippen molar-refractivity contribution in [3.05, 3.63) is 54.7 Å². The Hall–Kier alpha value is -3.41. The summed E-state index contributed by atoms with van der Waals surface area (Å²) >= 11 is 0. The quantitative estimate of drug-likeness (QED) is 0.651. The molecule has 0 saturated heterocycles. The Morgan fingerprint density at radius 2 is 1.58 bits per heavy atom. The number of nitrogens with one attached hydrogen (secondary N) is 1. The zero-order valence-electron chi connectivity index (χ0n) is 14.9. The number of pyridine rings is 1. The van der Waals surface area contributed by atoms with E-state index >= 15 is 0 Å². The van der Waals surface area contributed by atoms with E-state index in [9.17, 15) is 0 Å². The van der Waals surface area contributed by atoms with E-state index in [1.54, 1.807) is 27.5 Å². The van der Waals surface area contributed by atoms with E-state index in [2.05, 4.69) is 10.3 Å². The summed E-state index contributed by atoms with van der Waals surface area (Å²) in [5.41, 5.74) is 9.28. The molecule has 0 aliphatic rings. The summed E-state index contributed by atoms with van der Waals surface area (Å²) in [7, 11) is 4.78. The molecule has 0 spiro atoms. The predicted octanol–water partition coefficient (Wildman–Crippen LogP) is 4.10. The third-order valence-electron chi connectivity index (χ3n) is 3.92. The average molecular weight is 351 g/mol. The summed E-state index contributed by atoms with van der Waals surface area (Å²) < 4.78 is 16.2. The first-order valence-corrected chi connectivity index (χ1v) is 8.03. The molecule has 0 unspecified atom stereocenters. The van der Waals surface area contributed by atoms with Gasteiger partial charge in [-0.1, -0.05) is 6.07 Å². The van der Waals surface area contributed by atoms with Gasteiger partial charge in [-0.15, -0.1) is 0 Å². The number of aromatic nitrogens is 1. The molecule has 6 heteroatoms. The van der Waals surface area contributed by atoms with Gasteiger partial charge in [0.05, 0.1) is 21.3 Å². The second-order valence-electron chi connectivity index (χ2n) is 5.59. The molecular weight excluding hydrogens is 330 g/mol. The minimum atomic E-state index is 0.561. The molecule has 2 aromatic carbocycles.